The van der Waals surface area contributed by atoms with Gasteiger partial charge in [0.2, 0.25) is 11.8 Å². The van der Waals surface area contributed by atoms with Crippen molar-refractivity contribution in [2.75, 3.05) is 67.5 Å². The maximum Gasteiger partial charge on any atom is 0.329 e. The topological polar surface area (TPSA) is 187 Å². The van der Waals surface area contributed by atoms with Gasteiger partial charge in [0.25, 0.3) is 17.7 Å². The molecule has 0 bridgehead atoms. The normalized spacial score (nSPS) is 20.9. The molecule has 18 nitrogen and oxygen atoms in total. The third kappa shape index (κ3) is 7.45. The number of imidazole rings is 1. The molecule has 4 saturated heterocycles. The predicted octanol–water partition coefficient (Wildman–Crippen LogP) is 4.93. The van der Waals surface area contributed by atoms with Crippen LogP contribution < -0.4 is 20.4 Å². The number of pyridine rings is 1. The Morgan fingerprint density at radius 1 is 0.957 bits per heavy atom. The van der Waals surface area contributed by atoms with Crippen LogP contribution in [0.4, 0.5) is 34.7 Å². The summed E-state index contributed by atoms with van der Waals surface area (Å²) in [7, 11) is 1.68. The number of likely N-dealkylation sites (tertiary alicyclic amines) is 2. The third-order valence-electron chi connectivity index (χ3n) is 14.8. The predicted molar refractivity (Wildman–Crippen MR) is 250 cm³/mol. The lowest BCUT2D eigenvalue weighted by atomic mass is 9.72. The molecule has 2 atom stereocenters. The summed E-state index contributed by atoms with van der Waals surface area (Å²) in [6.45, 7) is 2.87. The average Bonchev–Trinajstić information content (AvgIpc) is 4.16. The van der Waals surface area contributed by atoms with Gasteiger partial charge in [-0.2, -0.15) is 5.10 Å². The van der Waals surface area contributed by atoms with Crippen LogP contribution in [0.5, 0.6) is 0 Å². The molecule has 360 valence electrons. The Morgan fingerprint density at radius 3 is 2.56 bits per heavy atom. The monoisotopic (exact) mass is 973 g/mol. The Kier molecular flexibility index (Phi) is 10.4. The van der Waals surface area contributed by atoms with Gasteiger partial charge in [-0.1, -0.05) is 6.07 Å². The maximum atomic E-state index is 15.9. The number of imide groups is 1. The number of aryl methyl sites for hydroxylation is 2. The van der Waals surface area contributed by atoms with E-state index >= 15 is 13.2 Å². The molecule has 4 fully saturated rings. The van der Waals surface area contributed by atoms with Crippen LogP contribution in [-0.2, 0) is 40.9 Å². The van der Waals surface area contributed by atoms with Crippen molar-refractivity contribution in [1.82, 2.24) is 49.3 Å². The third-order valence-corrected chi connectivity index (χ3v) is 15.4. The minimum Gasteiger partial charge on any atom is -0.355 e. The number of piperidine rings is 1. The molecule has 0 saturated carbocycles. The first-order valence-electron chi connectivity index (χ1n) is 23.3. The van der Waals surface area contributed by atoms with Gasteiger partial charge >= 0.3 is 6.03 Å². The lowest BCUT2D eigenvalue weighted by Gasteiger charge is -2.60. The van der Waals surface area contributed by atoms with Crippen LogP contribution in [0.2, 0.25) is 0 Å². The van der Waals surface area contributed by atoms with Crippen LogP contribution in [-0.4, -0.2) is 132 Å². The number of carbonyl (C=O) groups excluding carboxylic acids is 5. The number of halogens is 3. The molecule has 2 aromatic carbocycles. The van der Waals surface area contributed by atoms with Crippen molar-refractivity contribution in [1.29, 1.82) is 0 Å². The van der Waals surface area contributed by atoms with E-state index in [1.54, 1.807) is 65.0 Å². The number of benzene rings is 2. The number of amides is 6. The lowest BCUT2D eigenvalue weighted by Crippen LogP contribution is -2.73. The van der Waals surface area contributed by atoms with Gasteiger partial charge in [0, 0.05) is 104 Å². The first-order valence-corrected chi connectivity index (χ1v) is 24.1. The van der Waals surface area contributed by atoms with Gasteiger partial charge < -0.3 is 19.3 Å². The van der Waals surface area contributed by atoms with Gasteiger partial charge in [-0.05, 0) is 73.3 Å². The lowest BCUT2D eigenvalue weighted by molar-refractivity contribution is -0.149. The number of alkyl halides is 2. The Hall–Kier alpha value is -7.20. The summed E-state index contributed by atoms with van der Waals surface area (Å²) in [5.41, 5.74) is 3.76. The molecule has 70 heavy (non-hydrogen) atoms. The van der Waals surface area contributed by atoms with Crippen molar-refractivity contribution in [3.63, 3.8) is 0 Å². The molecule has 6 amide bonds. The van der Waals surface area contributed by atoms with E-state index in [-0.39, 0.29) is 60.8 Å². The fourth-order valence-corrected chi connectivity index (χ4v) is 11.8. The van der Waals surface area contributed by atoms with Gasteiger partial charge in [-0.3, -0.25) is 44.3 Å². The summed E-state index contributed by atoms with van der Waals surface area (Å²) in [6, 6.07) is 10.1. The Balaban J connectivity index is 0.651. The van der Waals surface area contributed by atoms with Crippen molar-refractivity contribution in [2.24, 2.45) is 12.5 Å². The molecule has 6 aliphatic rings. The fourth-order valence-electron chi connectivity index (χ4n) is 11.3. The zero-order valence-electron chi connectivity index (χ0n) is 37.9. The minimum atomic E-state index is -3.10. The molecule has 4 aromatic heterocycles. The van der Waals surface area contributed by atoms with E-state index in [0.717, 1.165) is 18.7 Å². The van der Waals surface area contributed by atoms with E-state index in [0.29, 0.717) is 89.2 Å². The van der Waals surface area contributed by atoms with Crippen LogP contribution in [0, 0.1) is 11.2 Å². The molecule has 1 spiro atoms. The van der Waals surface area contributed by atoms with Crippen molar-refractivity contribution in [3.8, 4) is 11.1 Å². The molecule has 22 heteroatoms. The van der Waals surface area contributed by atoms with Crippen LogP contribution in [0.1, 0.15) is 64.1 Å². The van der Waals surface area contributed by atoms with Crippen molar-refractivity contribution < 1.29 is 37.1 Å². The number of urea groups is 1. The molecule has 6 aliphatic heterocycles. The number of thiazole rings is 1. The molecule has 6 aromatic rings. The number of nitrogens with zero attached hydrogens (tertiary/aromatic N) is 11. The van der Waals surface area contributed by atoms with E-state index in [9.17, 15) is 24.0 Å². The highest BCUT2D eigenvalue weighted by molar-refractivity contribution is 7.13. The highest BCUT2D eigenvalue weighted by Gasteiger charge is 2.54. The number of anilines is 3. The van der Waals surface area contributed by atoms with Gasteiger partial charge in [0.05, 0.1) is 43.1 Å². The Labute approximate surface area is 402 Å². The number of fused-ring (bicyclic) bond motifs is 3. The summed E-state index contributed by atoms with van der Waals surface area (Å²) >= 11 is 1.26. The second-order valence-corrected chi connectivity index (χ2v) is 20.2. The van der Waals surface area contributed by atoms with Crippen molar-refractivity contribution >= 4 is 68.7 Å². The largest absolute Gasteiger partial charge is 0.355 e. The van der Waals surface area contributed by atoms with Crippen LogP contribution in [0.15, 0.2) is 66.6 Å². The van der Waals surface area contributed by atoms with E-state index in [1.807, 2.05) is 16.7 Å². The van der Waals surface area contributed by atoms with Crippen molar-refractivity contribution in [2.45, 2.75) is 56.7 Å². The standard InChI is InChI=1S/C48H46F3N13O5S/c1-58-36-17-27(4-6-30(36)42(57-58)63-13-9-38(65)55-46(63)69)33-8-12-59(25-48(33,50)51)20-39(66)62-23-47(24-62)21-61(22-47)37-7-5-28(18-53-37)29-15-31-32(34(49)16-29)19-64(44(31)68)41(43(67)56-45-52-10-14-70-45)40-35-3-2-11-60(35)26-54-40/h4-7,10,14-18,26,33,41H,2-3,8-9,11-13,19-25H2,1H3,(H,52,56,67)(H,55,65,69). The summed E-state index contributed by atoms with van der Waals surface area (Å²) in [5.74, 6) is -5.15. The summed E-state index contributed by atoms with van der Waals surface area (Å²) in [4.78, 5) is 87.1. The minimum absolute atomic E-state index is 0.0991. The SMILES string of the molecule is Cn1nc(N2CCC(=O)NC2=O)c2ccc(C3CCN(CC(=O)N4CC5(C4)CN(c4ccc(-c6cc(F)c7c(c6)C(=O)N(C(C(=O)Nc6nccs6)c6ncn8c6CCC8)C7)cn4)C5)CC3(F)F)cc21. The summed E-state index contributed by atoms with van der Waals surface area (Å²) < 4.78 is 51.3. The number of hydrogen-bond donors (Lipinski definition) is 2. The van der Waals surface area contributed by atoms with Gasteiger partial charge in [0.1, 0.15) is 11.6 Å². The quantitative estimate of drug-likeness (QED) is 0.190. The Bertz CT molecular complexity index is 3140. The van der Waals surface area contributed by atoms with Gasteiger partial charge in [-0.25, -0.2) is 32.9 Å². The summed E-state index contributed by atoms with van der Waals surface area (Å²) in [5, 5.41) is 12.3. The van der Waals surface area contributed by atoms with E-state index < -0.39 is 48.1 Å². The average molecular weight is 974 g/mol. The second-order valence-electron chi connectivity index (χ2n) is 19.3. The molecule has 0 radical (unpaired) electrons. The van der Waals surface area contributed by atoms with Crippen LogP contribution >= 0.6 is 11.3 Å². The van der Waals surface area contributed by atoms with Gasteiger partial charge in [-0.15, -0.1) is 11.3 Å². The smallest absolute Gasteiger partial charge is 0.329 e. The zero-order chi connectivity index (χ0) is 48.2. The molecule has 2 N–H and O–H groups in total. The van der Waals surface area contributed by atoms with E-state index in [2.05, 4.69) is 35.6 Å². The zero-order valence-corrected chi connectivity index (χ0v) is 38.7. The maximum absolute atomic E-state index is 15.9. The summed E-state index contributed by atoms with van der Waals surface area (Å²) in [6.07, 6.45) is 6.79. The van der Waals surface area contributed by atoms with Crippen molar-refractivity contribution in [3.05, 3.63) is 100 Å². The van der Waals surface area contributed by atoms with E-state index in [1.165, 1.54) is 32.1 Å². The second kappa shape index (κ2) is 16.5. The number of hydrogen-bond acceptors (Lipinski definition) is 12. The van der Waals surface area contributed by atoms with Crippen LogP contribution in [0.3, 0.4) is 0 Å². The number of aromatic nitrogens is 6. The molecular formula is C48H46F3N13O5S. The fraction of sp³-hybridized carbons (Fsp3) is 0.396. The van der Waals surface area contributed by atoms with Crippen LogP contribution in [0.25, 0.3) is 22.0 Å². The molecule has 12 rings (SSSR count). The number of nitrogens with one attached hydrogen (secondary N) is 2. The highest BCUT2D eigenvalue weighted by Crippen LogP contribution is 2.45. The molecular weight excluding hydrogens is 928 g/mol. The number of carbonyl (C=O) groups is 5. The highest BCUT2D eigenvalue weighted by atomic mass is 32.1. The van der Waals surface area contributed by atoms with Gasteiger partial charge in [0.15, 0.2) is 17.0 Å². The first kappa shape index (κ1) is 44.0. The van der Waals surface area contributed by atoms with E-state index in [4.69, 9.17) is 0 Å². The molecule has 2 unspecified atom stereocenters. The Morgan fingerprint density at radius 2 is 1.80 bits per heavy atom. The molecule has 10 heterocycles. The first-order chi connectivity index (χ1) is 33.7. The number of rotatable bonds is 10. The molecule has 0 aliphatic carbocycles.